The van der Waals surface area contributed by atoms with Crippen molar-refractivity contribution in [3.63, 3.8) is 0 Å². The topological polar surface area (TPSA) is 122 Å². The summed E-state index contributed by atoms with van der Waals surface area (Å²) < 4.78 is 42.8. The number of H-pyrrole nitrogens is 1. The number of halogens is 4. The van der Waals surface area contributed by atoms with Crippen molar-refractivity contribution in [3.8, 4) is 11.4 Å². The highest BCUT2D eigenvalue weighted by atomic mass is 35.5. The van der Waals surface area contributed by atoms with Gasteiger partial charge in [0.25, 0.3) is 0 Å². The minimum Gasteiger partial charge on any atom is -0.406 e. The van der Waals surface area contributed by atoms with Crippen LogP contribution in [-0.2, 0) is 11.3 Å². The zero-order valence-electron chi connectivity index (χ0n) is 20.4. The SMILES string of the molecule is Cc1cc(CNCCC(=O)NCCCNc2cc(-n3cnnc3)c(Cl)c3[nH]ncc23)ccc1OC(F)(F)F. The van der Waals surface area contributed by atoms with Crippen LogP contribution in [0.25, 0.3) is 16.6 Å². The summed E-state index contributed by atoms with van der Waals surface area (Å²) in [6.07, 6.45) is 1.05. The van der Waals surface area contributed by atoms with E-state index in [1.165, 1.54) is 6.07 Å². The van der Waals surface area contributed by atoms with Crippen LogP contribution >= 0.6 is 11.6 Å². The number of benzene rings is 2. The molecular formula is C24H26ClF3N8O2. The Morgan fingerprint density at radius 2 is 1.95 bits per heavy atom. The molecule has 4 N–H and O–H groups in total. The van der Waals surface area contributed by atoms with Gasteiger partial charge in [0, 0.05) is 43.7 Å². The van der Waals surface area contributed by atoms with Gasteiger partial charge in [-0.15, -0.1) is 23.4 Å². The van der Waals surface area contributed by atoms with Crippen LogP contribution in [0.3, 0.4) is 0 Å². The number of aryl methyl sites for hydroxylation is 1. The fourth-order valence-corrected chi connectivity index (χ4v) is 4.14. The molecule has 2 aromatic carbocycles. The second-order valence-corrected chi connectivity index (χ2v) is 8.87. The standard InChI is InChI=1S/C24H26ClF3N8O2/c1-15-9-16(3-4-20(15)38-24(26,27)28)11-29-8-5-21(37)31-7-2-6-30-18-10-19(36-13-33-34-14-36)22(25)23-17(18)12-32-35-23/h3-4,9-10,12-14,29-30H,2,5-8,11H2,1H3,(H,31,37)(H,32,35). The maximum Gasteiger partial charge on any atom is 0.573 e. The smallest absolute Gasteiger partial charge is 0.406 e. The number of rotatable bonds is 12. The predicted molar refractivity (Wildman–Crippen MR) is 136 cm³/mol. The van der Waals surface area contributed by atoms with Crippen LogP contribution in [0.4, 0.5) is 18.9 Å². The van der Waals surface area contributed by atoms with Crippen molar-refractivity contribution >= 4 is 34.1 Å². The van der Waals surface area contributed by atoms with Gasteiger partial charge in [-0.2, -0.15) is 5.10 Å². The molecule has 0 unspecified atom stereocenters. The Labute approximate surface area is 220 Å². The van der Waals surface area contributed by atoms with Crippen LogP contribution in [0.15, 0.2) is 43.1 Å². The molecule has 202 valence electrons. The number of nitrogens with zero attached hydrogens (tertiary/aromatic N) is 4. The summed E-state index contributed by atoms with van der Waals surface area (Å²) in [6.45, 7) is 3.50. The van der Waals surface area contributed by atoms with E-state index < -0.39 is 6.36 Å². The molecule has 2 heterocycles. The number of aromatic amines is 1. The molecule has 38 heavy (non-hydrogen) atoms. The summed E-state index contributed by atoms with van der Waals surface area (Å²) in [5.74, 6) is -0.322. The Morgan fingerprint density at radius 3 is 2.68 bits per heavy atom. The second kappa shape index (κ2) is 12.1. The maximum absolute atomic E-state index is 12.4. The second-order valence-electron chi connectivity index (χ2n) is 8.49. The van der Waals surface area contributed by atoms with E-state index in [0.29, 0.717) is 54.4 Å². The normalized spacial score (nSPS) is 11.6. The van der Waals surface area contributed by atoms with Crippen molar-refractivity contribution in [2.75, 3.05) is 25.0 Å². The van der Waals surface area contributed by atoms with E-state index in [1.807, 2.05) is 6.07 Å². The number of ether oxygens (including phenoxy) is 1. The van der Waals surface area contributed by atoms with Gasteiger partial charge in [-0.25, -0.2) is 0 Å². The first-order valence-corrected chi connectivity index (χ1v) is 12.2. The molecule has 0 aliphatic rings. The lowest BCUT2D eigenvalue weighted by Gasteiger charge is -2.13. The van der Waals surface area contributed by atoms with Crippen molar-refractivity contribution in [1.82, 2.24) is 35.6 Å². The molecule has 4 aromatic rings. The van der Waals surface area contributed by atoms with Crippen LogP contribution in [0.5, 0.6) is 5.75 Å². The van der Waals surface area contributed by atoms with Gasteiger partial charge in [0.1, 0.15) is 18.4 Å². The molecule has 2 aromatic heterocycles. The van der Waals surface area contributed by atoms with Crippen LogP contribution in [0, 0.1) is 6.92 Å². The lowest BCUT2D eigenvalue weighted by atomic mass is 10.1. The number of aromatic nitrogens is 5. The molecule has 4 rings (SSSR count). The fraction of sp³-hybridized carbons (Fsp3) is 0.333. The lowest BCUT2D eigenvalue weighted by molar-refractivity contribution is -0.274. The number of hydrogen-bond acceptors (Lipinski definition) is 7. The van der Waals surface area contributed by atoms with E-state index in [-0.39, 0.29) is 18.1 Å². The maximum atomic E-state index is 12.4. The van der Waals surface area contributed by atoms with Gasteiger partial charge >= 0.3 is 6.36 Å². The summed E-state index contributed by atoms with van der Waals surface area (Å²) >= 11 is 6.52. The van der Waals surface area contributed by atoms with Crippen molar-refractivity contribution in [2.45, 2.75) is 32.7 Å². The predicted octanol–water partition coefficient (Wildman–Crippen LogP) is 4.10. The molecule has 0 bridgehead atoms. The number of carbonyl (C=O) groups excluding carboxylic acids is 1. The average Bonchev–Trinajstić information content (AvgIpc) is 3.57. The van der Waals surface area contributed by atoms with Gasteiger partial charge in [0.2, 0.25) is 5.91 Å². The van der Waals surface area contributed by atoms with Crippen molar-refractivity contribution in [1.29, 1.82) is 0 Å². The molecule has 0 aliphatic carbocycles. The molecular weight excluding hydrogens is 525 g/mol. The molecule has 0 saturated carbocycles. The van der Waals surface area contributed by atoms with Gasteiger partial charge in [-0.3, -0.25) is 14.5 Å². The quantitative estimate of drug-likeness (QED) is 0.196. The van der Waals surface area contributed by atoms with Gasteiger partial charge in [0.15, 0.2) is 0 Å². The molecule has 10 nitrogen and oxygen atoms in total. The monoisotopic (exact) mass is 550 g/mol. The number of nitrogens with one attached hydrogen (secondary N) is 4. The summed E-state index contributed by atoms with van der Waals surface area (Å²) in [6, 6.07) is 6.36. The highest BCUT2D eigenvalue weighted by Crippen LogP contribution is 2.34. The molecule has 0 saturated heterocycles. The first kappa shape index (κ1) is 27.2. The van der Waals surface area contributed by atoms with E-state index >= 15 is 0 Å². The van der Waals surface area contributed by atoms with Crippen molar-refractivity contribution in [2.24, 2.45) is 0 Å². The molecule has 14 heteroatoms. The van der Waals surface area contributed by atoms with Gasteiger partial charge < -0.3 is 20.7 Å². The average molecular weight is 551 g/mol. The highest BCUT2D eigenvalue weighted by Gasteiger charge is 2.31. The number of amides is 1. The molecule has 0 atom stereocenters. The lowest BCUT2D eigenvalue weighted by Crippen LogP contribution is -2.29. The van der Waals surface area contributed by atoms with Gasteiger partial charge in [-0.05, 0) is 36.6 Å². The third-order valence-corrected chi connectivity index (χ3v) is 6.05. The van der Waals surface area contributed by atoms with Crippen LogP contribution in [-0.4, -0.2) is 56.9 Å². The van der Waals surface area contributed by atoms with E-state index in [4.69, 9.17) is 11.6 Å². The van der Waals surface area contributed by atoms with Crippen LogP contribution in [0.1, 0.15) is 24.0 Å². The Balaban J connectivity index is 1.16. The van der Waals surface area contributed by atoms with Gasteiger partial charge in [0.05, 0.1) is 22.4 Å². The van der Waals surface area contributed by atoms with E-state index in [9.17, 15) is 18.0 Å². The van der Waals surface area contributed by atoms with Gasteiger partial charge in [-0.1, -0.05) is 23.7 Å². The van der Waals surface area contributed by atoms with Crippen molar-refractivity contribution in [3.05, 3.63) is 59.3 Å². The Hall–Kier alpha value is -3.84. The van der Waals surface area contributed by atoms with Crippen LogP contribution in [0.2, 0.25) is 5.02 Å². The Kier molecular flexibility index (Phi) is 8.69. The number of anilines is 1. The summed E-state index contributed by atoms with van der Waals surface area (Å²) in [4.78, 5) is 12.1. The molecule has 0 fully saturated rings. The fourth-order valence-electron chi connectivity index (χ4n) is 3.85. The van der Waals surface area contributed by atoms with E-state index in [1.54, 1.807) is 42.5 Å². The van der Waals surface area contributed by atoms with Crippen LogP contribution < -0.4 is 20.7 Å². The zero-order valence-corrected chi connectivity index (χ0v) is 21.2. The Bertz CT molecular complexity index is 1380. The first-order chi connectivity index (χ1) is 18.2. The summed E-state index contributed by atoms with van der Waals surface area (Å²) in [5.41, 5.74) is 3.42. The summed E-state index contributed by atoms with van der Waals surface area (Å²) in [5, 5.41) is 25.4. The summed E-state index contributed by atoms with van der Waals surface area (Å²) in [7, 11) is 0. The molecule has 0 aliphatic heterocycles. The number of alkyl halides is 3. The number of hydrogen-bond donors (Lipinski definition) is 4. The largest absolute Gasteiger partial charge is 0.573 e. The zero-order chi connectivity index (χ0) is 27.1. The van der Waals surface area contributed by atoms with Crippen molar-refractivity contribution < 1.29 is 22.7 Å². The minimum absolute atomic E-state index is 0.0961. The third-order valence-electron chi connectivity index (χ3n) is 5.67. The number of carbonyl (C=O) groups is 1. The third kappa shape index (κ3) is 7.13. The highest BCUT2D eigenvalue weighted by molar-refractivity contribution is 6.37. The number of fused-ring (bicyclic) bond motifs is 1. The Morgan fingerprint density at radius 1 is 1.16 bits per heavy atom. The van der Waals surface area contributed by atoms with E-state index in [0.717, 1.165) is 16.6 Å². The first-order valence-electron chi connectivity index (χ1n) is 11.8. The minimum atomic E-state index is -4.72. The molecule has 0 spiro atoms. The van der Waals surface area contributed by atoms with E-state index in [2.05, 4.69) is 41.1 Å². The molecule has 1 amide bonds. The molecule has 0 radical (unpaired) electrons.